The van der Waals surface area contributed by atoms with Crippen LogP contribution in [0.25, 0.3) is 11.0 Å². The van der Waals surface area contributed by atoms with E-state index in [1.54, 1.807) is 12.1 Å². The molecule has 0 amide bonds. The van der Waals surface area contributed by atoms with Gasteiger partial charge in [0.2, 0.25) is 0 Å². The third-order valence-electron chi connectivity index (χ3n) is 2.43. The van der Waals surface area contributed by atoms with Crippen molar-refractivity contribution in [1.29, 1.82) is 0 Å². The average Bonchev–Trinajstić information content (AvgIpc) is 2.42. The van der Waals surface area contributed by atoms with E-state index in [0.29, 0.717) is 5.46 Å². The second-order valence-corrected chi connectivity index (χ2v) is 3.34. The Morgan fingerprint density at radius 3 is 2.71 bits per heavy atom. The van der Waals surface area contributed by atoms with Gasteiger partial charge >= 0.3 is 7.12 Å². The molecule has 2 aromatic rings. The molecule has 0 radical (unpaired) electrons. The van der Waals surface area contributed by atoms with Gasteiger partial charge in [0, 0.05) is 7.05 Å². The molecule has 0 atom stereocenters. The van der Waals surface area contributed by atoms with Crippen molar-refractivity contribution in [3.63, 3.8) is 0 Å². The Labute approximate surface area is 82.0 Å². The number of nitrogens with zero attached hydrogens (tertiary/aromatic N) is 2. The molecule has 0 aliphatic heterocycles. The number of aryl methyl sites for hydroxylation is 2. The summed E-state index contributed by atoms with van der Waals surface area (Å²) in [7, 11) is 0.501. The molecule has 72 valence electrons. The summed E-state index contributed by atoms with van der Waals surface area (Å²) < 4.78 is 1.96. The number of imidazole rings is 1. The van der Waals surface area contributed by atoms with Gasteiger partial charge in [-0.2, -0.15) is 0 Å². The van der Waals surface area contributed by atoms with Crippen molar-refractivity contribution in [2.24, 2.45) is 7.05 Å². The maximum Gasteiger partial charge on any atom is 0.488 e. The fourth-order valence-electron chi connectivity index (χ4n) is 1.50. The van der Waals surface area contributed by atoms with Crippen LogP contribution in [0.4, 0.5) is 0 Å². The molecule has 0 bridgehead atoms. The van der Waals surface area contributed by atoms with Gasteiger partial charge in [0.15, 0.2) is 0 Å². The van der Waals surface area contributed by atoms with Gasteiger partial charge in [0.1, 0.15) is 5.82 Å². The van der Waals surface area contributed by atoms with Crippen LogP contribution in [0.5, 0.6) is 0 Å². The Morgan fingerprint density at radius 2 is 2.07 bits per heavy atom. The lowest BCUT2D eigenvalue weighted by Crippen LogP contribution is -2.29. The zero-order valence-electron chi connectivity index (χ0n) is 8.10. The fourth-order valence-corrected chi connectivity index (χ4v) is 1.50. The minimum Gasteiger partial charge on any atom is -0.423 e. The van der Waals surface area contributed by atoms with Crippen LogP contribution in [-0.4, -0.2) is 26.7 Å². The summed E-state index contributed by atoms with van der Waals surface area (Å²) in [5, 5.41) is 18.0. The van der Waals surface area contributed by atoms with E-state index >= 15 is 0 Å². The third-order valence-corrected chi connectivity index (χ3v) is 2.43. The molecule has 1 aromatic heterocycles. The molecule has 4 nitrogen and oxygen atoms in total. The van der Waals surface area contributed by atoms with Crippen LogP contribution in [0.3, 0.4) is 0 Å². The van der Waals surface area contributed by atoms with Crippen molar-refractivity contribution in [3.05, 3.63) is 24.0 Å². The van der Waals surface area contributed by atoms with Gasteiger partial charge in [0.05, 0.1) is 11.0 Å². The van der Waals surface area contributed by atoms with Crippen LogP contribution in [0.2, 0.25) is 0 Å². The highest BCUT2D eigenvalue weighted by Gasteiger charge is 2.12. The SMILES string of the molecule is Cc1nc2cc(B(O)O)ccc2n1C. The van der Waals surface area contributed by atoms with E-state index < -0.39 is 7.12 Å². The molecule has 0 aliphatic carbocycles. The smallest absolute Gasteiger partial charge is 0.423 e. The van der Waals surface area contributed by atoms with Crippen LogP contribution in [0, 0.1) is 6.92 Å². The van der Waals surface area contributed by atoms with Gasteiger partial charge in [-0.25, -0.2) is 4.98 Å². The molecule has 2 N–H and O–H groups in total. The van der Waals surface area contributed by atoms with Gasteiger partial charge in [-0.1, -0.05) is 6.07 Å². The van der Waals surface area contributed by atoms with Crippen molar-refractivity contribution in [3.8, 4) is 0 Å². The van der Waals surface area contributed by atoms with Crippen LogP contribution < -0.4 is 5.46 Å². The Bertz CT molecular complexity index is 479. The lowest BCUT2D eigenvalue weighted by Gasteiger charge is -1.99. The third kappa shape index (κ3) is 1.30. The van der Waals surface area contributed by atoms with E-state index in [2.05, 4.69) is 4.98 Å². The maximum absolute atomic E-state index is 8.98. The lowest BCUT2D eigenvalue weighted by atomic mass is 9.80. The molecule has 0 fully saturated rings. The number of fused-ring (bicyclic) bond motifs is 1. The number of hydrogen-bond donors (Lipinski definition) is 2. The molecule has 2 rings (SSSR count). The molecule has 0 unspecified atom stereocenters. The molecular weight excluding hydrogens is 179 g/mol. The van der Waals surface area contributed by atoms with Gasteiger partial charge in [-0.15, -0.1) is 0 Å². The molecule has 0 spiro atoms. The molecule has 5 heteroatoms. The zero-order valence-corrected chi connectivity index (χ0v) is 8.10. The Kier molecular flexibility index (Phi) is 2.05. The minimum atomic E-state index is -1.43. The van der Waals surface area contributed by atoms with Crippen LogP contribution in [0.15, 0.2) is 18.2 Å². The van der Waals surface area contributed by atoms with Crippen molar-refractivity contribution >= 4 is 23.6 Å². The van der Waals surface area contributed by atoms with Gasteiger partial charge in [-0.05, 0) is 24.5 Å². The largest absolute Gasteiger partial charge is 0.488 e. The van der Waals surface area contributed by atoms with Crippen LogP contribution >= 0.6 is 0 Å². The summed E-state index contributed by atoms with van der Waals surface area (Å²) in [5.41, 5.74) is 2.25. The summed E-state index contributed by atoms with van der Waals surface area (Å²) in [6.45, 7) is 1.91. The van der Waals surface area contributed by atoms with Crippen LogP contribution in [-0.2, 0) is 7.05 Å². The molecule has 0 aliphatic rings. The Hall–Kier alpha value is -1.33. The van der Waals surface area contributed by atoms with Gasteiger partial charge in [0.25, 0.3) is 0 Å². The first-order valence-electron chi connectivity index (χ1n) is 4.38. The highest BCUT2D eigenvalue weighted by Crippen LogP contribution is 2.12. The number of aromatic nitrogens is 2. The van der Waals surface area contributed by atoms with E-state index in [0.717, 1.165) is 16.9 Å². The Morgan fingerprint density at radius 1 is 1.36 bits per heavy atom. The summed E-state index contributed by atoms with van der Waals surface area (Å²) >= 11 is 0. The van der Waals surface area contributed by atoms with Crippen molar-refractivity contribution in [2.45, 2.75) is 6.92 Å². The normalized spacial score (nSPS) is 10.9. The van der Waals surface area contributed by atoms with E-state index in [-0.39, 0.29) is 0 Å². The first kappa shape index (κ1) is 9.24. The highest BCUT2D eigenvalue weighted by atomic mass is 16.4. The fraction of sp³-hybridized carbons (Fsp3) is 0.222. The highest BCUT2D eigenvalue weighted by molar-refractivity contribution is 6.58. The standard InChI is InChI=1S/C9H11BN2O2/c1-6-11-8-5-7(10(13)14)3-4-9(8)12(6)2/h3-5,13-14H,1-2H3. The Balaban J connectivity index is 2.67. The predicted octanol–water partition coefficient (Wildman–Crippen LogP) is -0.438. The summed E-state index contributed by atoms with van der Waals surface area (Å²) in [6.07, 6.45) is 0. The molecular formula is C9H11BN2O2. The van der Waals surface area contributed by atoms with E-state index in [9.17, 15) is 0 Å². The van der Waals surface area contributed by atoms with E-state index in [1.807, 2.05) is 24.6 Å². The maximum atomic E-state index is 8.98. The predicted molar refractivity (Wildman–Crippen MR) is 55.3 cm³/mol. The first-order chi connectivity index (χ1) is 6.59. The second kappa shape index (κ2) is 3.11. The molecule has 0 saturated heterocycles. The van der Waals surface area contributed by atoms with Gasteiger partial charge in [-0.3, -0.25) is 0 Å². The molecule has 1 heterocycles. The number of rotatable bonds is 1. The minimum absolute atomic E-state index is 0.468. The second-order valence-electron chi connectivity index (χ2n) is 3.34. The summed E-state index contributed by atoms with van der Waals surface area (Å²) in [4.78, 5) is 4.30. The number of hydrogen-bond acceptors (Lipinski definition) is 3. The van der Waals surface area contributed by atoms with Crippen molar-refractivity contribution in [2.75, 3.05) is 0 Å². The molecule has 1 aromatic carbocycles. The summed E-state index contributed by atoms with van der Waals surface area (Å²) in [6, 6.07) is 5.21. The molecule has 14 heavy (non-hydrogen) atoms. The number of benzene rings is 1. The topological polar surface area (TPSA) is 58.3 Å². The van der Waals surface area contributed by atoms with Crippen molar-refractivity contribution in [1.82, 2.24) is 9.55 Å². The van der Waals surface area contributed by atoms with Gasteiger partial charge < -0.3 is 14.6 Å². The summed E-state index contributed by atoms with van der Waals surface area (Å²) in [5.74, 6) is 0.907. The quantitative estimate of drug-likeness (QED) is 0.599. The van der Waals surface area contributed by atoms with Crippen LogP contribution in [0.1, 0.15) is 5.82 Å². The molecule has 0 saturated carbocycles. The van der Waals surface area contributed by atoms with E-state index in [1.165, 1.54) is 0 Å². The first-order valence-corrected chi connectivity index (χ1v) is 4.38. The monoisotopic (exact) mass is 190 g/mol. The van der Waals surface area contributed by atoms with E-state index in [4.69, 9.17) is 10.0 Å². The lowest BCUT2D eigenvalue weighted by molar-refractivity contribution is 0.426. The zero-order chi connectivity index (χ0) is 10.3. The average molecular weight is 190 g/mol. The van der Waals surface area contributed by atoms with Crippen molar-refractivity contribution < 1.29 is 10.0 Å².